The maximum Gasteiger partial charge on any atom is 0.312 e. The zero-order chi connectivity index (χ0) is 79.5. The molecule has 610 valence electrons. The van der Waals surface area contributed by atoms with Gasteiger partial charge < -0.3 is 164 Å². The van der Waals surface area contributed by atoms with E-state index in [1.807, 2.05) is 5.32 Å². The van der Waals surface area contributed by atoms with E-state index in [2.05, 4.69) is 53.2 Å². The SMILES string of the molecule is CN[C@@H](CCCCNC(=O)CCC(=O)NCCOCCOCCNC(=O)[C@@H](O)[C@@H](O)[C@H](O)[C@@H](O)C(=O)NCCOCCOCCOCCOCCC(=O)NC[C@H](O)[C@@H](O)[C@H](O)[C@H](O)CNC(=O)[C@H](O)[C@@H](O)[C@H](O)[C@H](O)CO)C(=O)N[C@H](C(=O)N[C@@H](CCCNC(N)=O)C(=O)Nc1ccc(CO)cc1)C(C)C. The van der Waals surface area contributed by atoms with Crippen LogP contribution in [0.4, 0.5) is 10.5 Å². The van der Waals surface area contributed by atoms with Gasteiger partial charge in [-0.2, -0.15) is 0 Å². The molecule has 11 amide bonds. The van der Waals surface area contributed by atoms with Crippen LogP contribution < -0.4 is 64.2 Å². The number of aliphatic hydroxyl groups excluding tert-OH is 14. The number of nitrogens with two attached hydrogens (primary N) is 1. The zero-order valence-corrected chi connectivity index (χ0v) is 59.9. The Balaban J connectivity index is 2.16. The van der Waals surface area contributed by atoms with Crippen LogP contribution in [0.15, 0.2) is 24.3 Å². The third-order valence-electron chi connectivity index (χ3n) is 15.5. The average Bonchev–Trinajstić information content (AvgIpc) is 0.886. The molecule has 42 nitrogen and oxygen atoms in total. The molecule has 0 aliphatic rings. The van der Waals surface area contributed by atoms with Crippen LogP contribution in [0.2, 0.25) is 0 Å². The first kappa shape index (κ1) is 96.9. The number of benzene rings is 1. The topological polar surface area (TPSA) is 668 Å². The number of urea groups is 1. The number of hydrogen-bond donors (Lipinski definition) is 26. The first-order chi connectivity index (χ1) is 50.4. The Labute approximate surface area is 612 Å². The molecule has 0 aliphatic heterocycles. The highest BCUT2D eigenvalue weighted by Crippen LogP contribution is 2.14. The van der Waals surface area contributed by atoms with Gasteiger partial charge in [-0.05, 0) is 62.8 Å². The van der Waals surface area contributed by atoms with Crippen molar-refractivity contribution < 1.29 is 148 Å². The number of carbonyl (C=O) groups is 10. The lowest BCUT2D eigenvalue weighted by Crippen LogP contribution is -2.57. The van der Waals surface area contributed by atoms with Gasteiger partial charge in [0.25, 0.3) is 17.7 Å². The van der Waals surface area contributed by atoms with E-state index in [-0.39, 0.29) is 156 Å². The van der Waals surface area contributed by atoms with Crippen molar-refractivity contribution in [1.82, 2.24) is 53.2 Å². The van der Waals surface area contributed by atoms with Crippen molar-refractivity contribution >= 4 is 64.9 Å². The van der Waals surface area contributed by atoms with E-state index < -0.39 is 164 Å². The third-order valence-corrected chi connectivity index (χ3v) is 15.5. The van der Waals surface area contributed by atoms with Gasteiger partial charge in [-0.1, -0.05) is 26.0 Å². The second-order valence-electron chi connectivity index (χ2n) is 24.3. The third kappa shape index (κ3) is 41.9. The van der Waals surface area contributed by atoms with Crippen LogP contribution in [0.5, 0.6) is 0 Å². The molecule has 0 unspecified atom stereocenters. The first-order valence-corrected chi connectivity index (χ1v) is 34.6. The second-order valence-corrected chi connectivity index (χ2v) is 24.3. The number of anilines is 1. The molecule has 27 N–H and O–H groups in total. The Hall–Kier alpha value is -7.12. The number of primary amides is 1. The number of aliphatic hydroxyl groups is 14. The van der Waals surface area contributed by atoms with Crippen LogP contribution >= 0.6 is 0 Å². The van der Waals surface area contributed by atoms with Crippen LogP contribution in [0.25, 0.3) is 0 Å². The lowest BCUT2D eigenvalue weighted by Gasteiger charge is -2.28. The van der Waals surface area contributed by atoms with Gasteiger partial charge >= 0.3 is 6.03 Å². The van der Waals surface area contributed by atoms with Gasteiger partial charge in [0.1, 0.15) is 54.8 Å². The number of unbranched alkanes of at least 4 members (excludes halogenated alkanes) is 1. The smallest absolute Gasteiger partial charge is 0.312 e. The standard InChI is InChI=1S/C64H114N12O30/c1-37(2)48(60(96)75-41(8-6-17-71-64(65)100)59(95)74-39-11-9-38(35-77)10-12-39)76-58(94)40(66-3)7-4-5-16-67-45(82)13-14-46(83)68-18-22-102-26-27-103-23-19-69-61(97)56(92)53(89)54(90)57(93)62(98)70-20-24-104-28-30-106-32-31-105-29-25-101-21-15-47(84)72-33-42(79)49(85)50(86)43(80)34-73-63(99)55(91)52(88)51(87)44(81)36-78/h9-12,37,40-44,48-57,66,77-81,85-93H,4-8,13-36H2,1-3H3,(H,67,82)(H,68,83)(H,69,97)(H,70,98)(H,72,84)(H,73,99)(H,74,95)(H,75,96)(H,76,94)(H3,65,71,100)/t40-,41-,42-,43+,44+,48-,49+,50+,51+,52-,53-,54-,55+,56-,57+/m0/s1. The Morgan fingerprint density at radius 3 is 1.26 bits per heavy atom. The molecule has 0 saturated carbocycles. The van der Waals surface area contributed by atoms with Crippen molar-refractivity contribution in [3.63, 3.8) is 0 Å². The van der Waals surface area contributed by atoms with Gasteiger partial charge in [-0.15, -0.1) is 0 Å². The fourth-order valence-corrected chi connectivity index (χ4v) is 9.16. The van der Waals surface area contributed by atoms with E-state index in [0.29, 0.717) is 36.9 Å². The summed E-state index contributed by atoms with van der Waals surface area (Å²) in [6.45, 7) is 2.02. The van der Waals surface area contributed by atoms with Crippen molar-refractivity contribution in [2.75, 3.05) is 144 Å². The Bertz CT molecular complexity index is 2680. The van der Waals surface area contributed by atoms with Crippen molar-refractivity contribution in [3.8, 4) is 0 Å². The van der Waals surface area contributed by atoms with Gasteiger partial charge in [0.15, 0.2) is 18.3 Å². The molecule has 0 aliphatic carbocycles. The highest BCUT2D eigenvalue weighted by atomic mass is 16.6. The fourth-order valence-electron chi connectivity index (χ4n) is 9.16. The molecular formula is C64H114N12O30. The summed E-state index contributed by atoms with van der Waals surface area (Å²) in [7, 11) is 1.59. The fraction of sp³-hybridized carbons (Fsp3) is 0.750. The summed E-state index contributed by atoms with van der Waals surface area (Å²) in [6.07, 6.45) is -24.0. The molecule has 0 spiro atoms. The van der Waals surface area contributed by atoms with Gasteiger partial charge in [0, 0.05) is 70.8 Å². The number of ether oxygens (including phenoxy) is 6. The molecule has 0 radical (unpaired) electrons. The molecule has 106 heavy (non-hydrogen) atoms. The molecular weight excluding hydrogens is 1420 g/mol. The molecule has 0 fully saturated rings. The van der Waals surface area contributed by atoms with E-state index in [4.69, 9.17) is 39.3 Å². The molecule has 15 atom stereocenters. The summed E-state index contributed by atoms with van der Waals surface area (Å²) in [6, 6.07) is 2.95. The number of nitrogens with one attached hydrogen (secondary N) is 11. The van der Waals surface area contributed by atoms with E-state index >= 15 is 0 Å². The van der Waals surface area contributed by atoms with Gasteiger partial charge in [-0.3, -0.25) is 43.2 Å². The van der Waals surface area contributed by atoms with Crippen molar-refractivity contribution in [3.05, 3.63) is 29.8 Å². The highest BCUT2D eigenvalue weighted by molar-refractivity contribution is 5.98. The van der Waals surface area contributed by atoms with Crippen LogP contribution in [-0.4, -0.2) is 361 Å². The Kier molecular flexibility index (Phi) is 52.2. The summed E-state index contributed by atoms with van der Waals surface area (Å²) >= 11 is 0. The van der Waals surface area contributed by atoms with Crippen LogP contribution in [0.3, 0.4) is 0 Å². The predicted molar refractivity (Wildman–Crippen MR) is 369 cm³/mol. The molecule has 1 aromatic rings. The quantitative estimate of drug-likeness (QED) is 0.0269. The number of carbonyl (C=O) groups excluding carboxylic acids is 10. The van der Waals surface area contributed by atoms with Crippen LogP contribution in [-0.2, 0) is 78.2 Å². The molecule has 1 aromatic carbocycles. The monoisotopic (exact) mass is 1530 g/mol. The van der Waals surface area contributed by atoms with Crippen molar-refractivity contribution in [2.45, 2.75) is 163 Å². The normalized spacial score (nSPS) is 15.8. The molecule has 0 aromatic heterocycles. The first-order valence-electron chi connectivity index (χ1n) is 34.6. The number of hydrogen-bond acceptors (Lipinski definition) is 31. The van der Waals surface area contributed by atoms with Crippen LogP contribution in [0, 0.1) is 5.92 Å². The predicted octanol–water partition coefficient (Wildman–Crippen LogP) is -11.8. The lowest BCUT2D eigenvalue weighted by molar-refractivity contribution is -0.155. The largest absolute Gasteiger partial charge is 0.394 e. The van der Waals surface area contributed by atoms with Gasteiger partial charge in [-0.25, -0.2) is 4.79 Å². The minimum atomic E-state index is -2.32. The van der Waals surface area contributed by atoms with E-state index in [1.54, 1.807) is 45.2 Å². The minimum absolute atomic E-state index is 0.0552. The molecule has 0 saturated heterocycles. The Morgan fingerprint density at radius 2 is 0.802 bits per heavy atom. The van der Waals surface area contributed by atoms with E-state index in [0.717, 1.165) is 0 Å². The van der Waals surface area contributed by atoms with E-state index in [1.165, 1.54) is 0 Å². The minimum Gasteiger partial charge on any atom is -0.394 e. The summed E-state index contributed by atoms with van der Waals surface area (Å²) < 4.78 is 32.1. The average molecular weight is 1530 g/mol. The van der Waals surface area contributed by atoms with Crippen molar-refractivity contribution in [2.24, 2.45) is 11.7 Å². The van der Waals surface area contributed by atoms with Crippen molar-refractivity contribution in [1.29, 1.82) is 0 Å². The number of rotatable bonds is 62. The number of likely N-dealkylation sites (N-methyl/N-ethyl adjacent to an activating group) is 1. The Morgan fingerprint density at radius 1 is 0.396 bits per heavy atom. The second kappa shape index (κ2) is 57.1. The summed E-state index contributed by atoms with van der Waals surface area (Å²) in [5, 5.41) is 166. The highest BCUT2D eigenvalue weighted by Gasteiger charge is 2.39. The number of amides is 11. The summed E-state index contributed by atoms with van der Waals surface area (Å²) in [5.74, 6) is -6.96. The van der Waals surface area contributed by atoms with Gasteiger partial charge in [0.2, 0.25) is 35.4 Å². The molecule has 0 heterocycles. The maximum absolute atomic E-state index is 13.6. The summed E-state index contributed by atoms with van der Waals surface area (Å²) in [4.78, 5) is 125. The molecule has 42 heteroatoms. The van der Waals surface area contributed by atoms with Gasteiger partial charge in [0.05, 0.1) is 111 Å². The summed E-state index contributed by atoms with van der Waals surface area (Å²) in [5.41, 5.74) is 6.22. The zero-order valence-electron chi connectivity index (χ0n) is 59.9. The lowest BCUT2D eigenvalue weighted by atomic mass is 10.0. The molecule has 1 rings (SSSR count). The van der Waals surface area contributed by atoms with E-state index in [9.17, 15) is 114 Å². The molecule has 0 bridgehead atoms. The maximum atomic E-state index is 13.6. The van der Waals surface area contributed by atoms with Crippen LogP contribution in [0.1, 0.15) is 70.8 Å².